The lowest BCUT2D eigenvalue weighted by atomic mass is 9.88. The Labute approximate surface area is 104 Å². The molecule has 94 valence electrons. The molecule has 0 amide bonds. The van der Waals surface area contributed by atoms with Crippen LogP contribution in [0, 0.1) is 5.41 Å². The highest BCUT2D eigenvalue weighted by atomic mass is 14.9. The van der Waals surface area contributed by atoms with Crippen molar-refractivity contribution in [3.8, 4) is 0 Å². The van der Waals surface area contributed by atoms with E-state index in [2.05, 4.69) is 30.2 Å². The second kappa shape index (κ2) is 4.75. The van der Waals surface area contributed by atoms with E-state index in [4.69, 9.17) is 5.73 Å². The van der Waals surface area contributed by atoms with Crippen molar-refractivity contribution in [2.75, 3.05) is 19.6 Å². The first-order valence-electron chi connectivity index (χ1n) is 6.40. The van der Waals surface area contributed by atoms with Crippen LogP contribution in [0.2, 0.25) is 0 Å². The van der Waals surface area contributed by atoms with E-state index >= 15 is 0 Å². The smallest absolute Gasteiger partial charge is 0.0472 e. The predicted octanol–water partition coefficient (Wildman–Crippen LogP) is 1.69. The van der Waals surface area contributed by atoms with E-state index in [-0.39, 0.29) is 5.41 Å². The Balaban J connectivity index is 1.85. The van der Waals surface area contributed by atoms with Crippen molar-refractivity contribution >= 4 is 0 Å². The van der Waals surface area contributed by atoms with Crippen LogP contribution in [0.1, 0.15) is 32.4 Å². The van der Waals surface area contributed by atoms with Gasteiger partial charge in [0, 0.05) is 30.4 Å². The average Bonchev–Trinajstić information content (AvgIpc) is 3.11. The Morgan fingerprint density at radius 2 is 2.18 bits per heavy atom. The van der Waals surface area contributed by atoms with Gasteiger partial charge >= 0.3 is 0 Å². The molecule has 0 unspecified atom stereocenters. The van der Waals surface area contributed by atoms with Gasteiger partial charge in [-0.15, -0.1) is 0 Å². The molecule has 1 heterocycles. The van der Waals surface area contributed by atoms with Gasteiger partial charge in [-0.05, 0) is 36.9 Å². The van der Waals surface area contributed by atoms with Gasteiger partial charge in [0.1, 0.15) is 0 Å². The Morgan fingerprint density at radius 3 is 2.71 bits per heavy atom. The Morgan fingerprint density at radius 1 is 1.41 bits per heavy atom. The van der Waals surface area contributed by atoms with Crippen LogP contribution in [0.15, 0.2) is 24.4 Å². The molecule has 1 aliphatic rings. The van der Waals surface area contributed by atoms with Crippen LogP contribution < -0.4 is 11.1 Å². The molecule has 3 N–H and O–H groups in total. The molecule has 3 heteroatoms. The molecule has 1 saturated carbocycles. The van der Waals surface area contributed by atoms with Crippen molar-refractivity contribution in [2.24, 2.45) is 11.1 Å². The summed E-state index contributed by atoms with van der Waals surface area (Å²) in [5.41, 5.74) is 7.40. The molecule has 1 aromatic heterocycles. The Kier molecular flexibility index (Phi) is 3.50. The zero-order valence-corrected chi connectivity index (χ0v) is 10.9. The lowest BCUT2D eigenvalue weighted by Gasteiger charge is -2.25. The summed E-state index contributed by atoms with van der Waals surface area (Å²) in [6.45, 7) is 7.25. The van der Waals surface area contributed by atoms with Crippen LogP contribution in [0.4, 0.5) is 0 Å². The number of aromatic nitrogens is 1. The maximum atomic E-state index is 5.78. The first-order valence-corrected chi connectivity index (χ1v) is 6.40. The molecule has 1 aliphatic carbocycles. The predicted molar refractivity (Wildman–Crippen MR) is 70.9 cm³/mol. The molecule has 2 rings (SSSR count). The summed E-state index contributed by atoms with van der Waals surface area (Å²) in [6, 6.07) is 6.10. The number of nitrogens with one attached hydrogen (secondary N) is 1. The van der Waals surface area contributed by atoms with E-state index < -0.39 is 0 Å². The molecule has 3 nitrogen and oxygen atoms in total. The number of nitrogens with zero attached hydrogens (tertiary/aromatic N) is 1. The van der Waals surface area contributed by atoms with Crippen molar-refractivity contribution in [1.29, 1.82) is 0 Å². The summed E-state index contributed by atoms with van der Waals surface area (Å²) in [4.78, 5) is 4.44. The van der Waals surface area contributed by atoms with Crippen LogP contribution in [0.5, 0.6) is 0 Å². The Hall–Kier alpha value is -0.930. The van der Waals surface area contributed by atoms with Gasteiger partial charge in [0.05, 0.1) is 0 Å². The summed E-state index contributed by atoms with van der Waals surface area (Å²) in [7, 11) is 0. The van der Waals surface area contributed by atoms with E-state index in [9.17, 15) is 0 Å². The van der Waals surface area contributed by atoms with Gasteiger partial charge in [-0.3, -0.25) is 4.98 Å². The number of rotatable bonds is 6. The second-order valence-electron chi connectivity index (χ2n) is 5.91. The van der Waals surface area contributed by atoms with Crippen molar-refractivity contribution in [2.45, 2.75) is 32.1 Å². The zero-order valence-electron chi connectivity index (χ0n) is 10.9. The van der Waals surface area contributed by atoms with Crippen molar-refractivity contribution in [3.05, 3.63) is 30.1 Å². The molecule has 1 fully saturated rings. The Bertz CT molecular complexity index is 355. The van der Waals surface area contributed by atoms with E-state index in [0.29, 0.717) is 5.41 Å². The summed E-state index contributed by atoms with van der Waals surface area (Å²) in [5.74, 6) is 0. The highest BCUT2D eigenvalue weighted by Gasteiger charge is 2.40. The normalized spacial score (nSPS) is 18.1. The minimum atomic E-state index is 0.0753. The topological polar surface area (TPSA) is 50.9 Å². The fraction of sp³-hybridized carbons (Fsp3) is 0.643. The zero-order chi connectivity index (χ0) is 12.4. The van der Waals surface area contributed by atoms with E-state index in [1.807, 2.05) is 18.3 Å². The van der Waals surface area contributed by atoms with Gasteiger partial charge in [-0.2, -0.15) is 0 Å². The molecule has 17 heavy (non-hydrogen) atoms. The van der Waals surface area contributed by atoms with Crippen molar-refractivity contribution < 1.29 is 0 Å². The third-order valence-electron chi connectivity index (χ3n) is 3.82. The van der Waals surface area contributed by atoms with Gasteiger partial charge in [-0.1, -0.05) is 19.9 Å². The standard InChI is InChI=1S/C14H23N3/c1-13(2,12-5-3-4-8-17-12)10-16-11-14(9-15)6-7-14/h3-5,8,16H,6-7,9-11,15H2,1-2H3. The largest absolute Gasteiger partial charge is 0.330 e. The highest BCUT2D eigenvalue weighted by Crippen LogP contribution is 2.43. The molecule has 1 aromatic rings. The summed E-state index contributed by atoms with van der Waals surface area (Å²) < 4.78 is 0. The maximum absolute atomic E-state index is 5.78. The number of pyridine rings is 1. The summed E-state index contributed by atoms with van der Waals surface area (Å²) >= 11 is 0. The monoisotopic (exact) mass is 233 g/mol. The number of hydrogen-bond acceptors (Lipinski definition) is 3. The molecule has 0 atom stereocenters. The number of hydrogen-bond donors (Lipinski definition) is 2. The third-order valence-corrected chi connectivity index (χ3v) is 3.82. The summed E-state index contributed by atoms with van der Waals surface area (Å²) in [5, 5.41) is 3.56. The molecule has 0 aromatic carbocycles. The van der Waals surface area contributed by atoms with Crippen LogP contribution >= 0.6 is 0 Å². The minimum Gasteiger partial charge on any atom is -0.330 e. The molecule has 0 radical (unpaired) electrons. The minimum absolute atomic E-state index is 0.0753. The first kappa shape index (κ1) is 12.5. The molecule has 0 spiro atoms. The average molecular weight is 233 g/mol. The fourth-order valence-corrected chi connectivity index (χ4v) is 2.12. The second-order valence-corrected chi connectivity index (χ2v) is 5.91. The SMILES string of the molecule is CC(C)(CNCC1(CN)CC1)c1ccccn1. The quantitative estimate of drug-likeness (QED) is 0.786. The van der Waals surface area contributed by atoms with Gasteiger partial charge in [-0.25, -0.2) is 0 Å². The van der Waals surface area contributed by atoms with E-state index in [0.717, 1.165) is 25.3 Å². The molecular formula is C14H23N3. The lowest BCUT2D eigenvalue weighted by molar-refractivity contribution is 0.404. The molecule has 0 bridgehead atoms. The van der Waals surface area contributed by atoms with Crippen LogP contribution in [0.3, 0.4) is 0 Å². The van der Waals surface area contributed by atoms with E-state index in [1.165, 1.54) is 12.8 Å². The van der Waals surface area contributed by atoms with Gasteiger partial charge in [0.2, 0.25) is 0 Å². The lowest BCUT2D eigenvalue weighted by Crippen LogP contribution is -2.38. The van der Waals surface area contributed by atoms with Crippen LogP contribution in [-0.4, -0.2) is 24.6 Å². The van der Waals surface area contributed by atoms with Crippen molar-refractivity contribution in [1.82, 2.24) is 10.3 Å². The van der Waals surface area contributed by atoms with E-state index in [1.54, 1.807) is 0 Å². The first-order chi connectivity index (χ1) is 8.08. The van der Waals surface area contributed by atoms with Gasteiger partial charge < -0.3 is 11.1 Å². The van der Waals surface area contributed by atoms with Crippen molar-refractivity contribution in [3.63, 3.8) is 0 Å². The number of nitrogens with two attached hydrogens (primary N) is 1. The summed E-state index contributed by atoms with van der Waals surface area (Å²) in [6.07, 6.45) is 4.42. The molecule has 0 saturated heterocycles. The maximum Gasteiger partial charge on any atom is 0.0472 e. The van der Waals surface area contributed by atoms with Crippen LogP contribution in [-0.2, 0) is 5.41 Å². The highest BCUT2D eigenvalue weighted by molar-refractivity contribution is 5.15. The van der Waals surface area contributed by atoms with Gasteiger partial charge in [0.15, 0.2) is 0 Å². The fourth-order valence-electron chi connectivity index (χ4n) is 2.12. The van der Waals surface area contributed by atoms with Crippen LogP contribution in [0.25, 0.3) is 0 Å². The van der Waals surface area contributed by atoms with Gasteiger partial charge in [0.25, 0.3) is 0 Å². The molecule has 0 aliphatic heterocycles. The molecular weight excluding hydrogens is 210 g/mol. The third kappa shape index (κ3) is 3.05.